The quantitative estimate of drug-likeness (QED) is 0.412. The summed E-state index contributed by atoms with van der Waals surface area (Å²) < 4.78 is 11.5. The molecule has 0 aliphatic carbocycles. The van der Waals surface area contributed by atoms with Gasteiger partial charge < -0.3 is 19.4 Å². The van der Waals surface area contributed by atoms with Crippen molar-refractivity contribution in [1.82, 2.24) is 15.1 Å². The zero-order chi connectivity index (χ0) is 17.9. The fraction of sp³-hybridized carbons (Fsp3) is 0.737. The number of aryl methyl sites for hydroxylation is 1. The Morgan fingerprint density at radius 1 is 1.27 bits per heavy atom. The number of nitrogens with zero attached hydrogens (tertiary/aromatic N) is 3. The van der Waals surface area contributed by atoms with E-state index in [-0.39, 0.29) is 30.0 Å². The molecular weight excluding hydrogens is 443 g/mol. The van der Waals surface area contributed by atoms with Gasteiger partial charge in [-0.2, -0.15) is 0 Å². The largest absolute Gasteiger partial charge is 0.465 e. The maximum atomic E-state index is 5.95. The second-order valence-corrected chi connectivity index (χ2v) is 7.88. The summed E-state index contributed by atoms with van der Waals surface area (Å²) in [7, 11) is 1.87. The van der Waals surface area contributed by atoms with Gasteiger partial charge in [0.25, 0.3) is 0 Å². The number of guanidine groups is 1. The van der Waals surface area contributed by atoms with Gasteiger partial charge in [0.15, 0.2) is 5.96 Å². The van der Waals surface area contributed by atoms with Crippen LogP contribution in [-0.4, -0.2) is 68.7 Å². The molecule has 1 aromatic heterocycles. The van der Waals surface area contributed by atoms with Crippen molar-refractivity contribution in [3.63, 3.8) is 0 Å². The summed E-state index contributed by atoms with van der Waals surface area (Å²) in [5.41, 5.74) is 0.360. The Kier molecular flexibility index (Phi) is 7.78. The number of hydrogen-bond donors (Lipinski definition) is 1. The van der Waals surface area contributed by atoms with Gasteiger partial charge in [-0.25, -0.2) is 0 Å². The lowest BCUT2D eigenvalue weighted by Crippen LogP contribution is -2.47. The van der Waals surface area contributed by atoms with Crippen LogP contribution in [0.2, 0.25) is 0 Å². The lowest BCUT2D eigenvalue weighted by atomic mass is 9.93. The molecule has 0 saturated carbocycles. The molecule has 1 N–H and O–H groups in total. The van der Waals surface area contributed by atoms with Crippen molar-refractivity contribution in [2.45, 2.75) is 33.2 Å². The van der Waals surface area contributed by atoms with E-state index in [1.54, 1.807) is 0 Å². The van der Waals surface area contributed by atoms with Crippen LogP contribution in [0, 0.1) is 12.3 Å². The molecule has 1 aromatic rings. The standard InChI is InChI=1S/C19H32N4O2.HI/c1-15-5-6-17(25-15)16(22-9-11-24-12-10-22)13-21-18(20-4)23-8-7-19(2,3)14-23;/h5-6,16H,7-14H2,1-4H3,(H,20,21);1H. The number of halogens is 1. The van der Waals surface area contributed by atoms with E-state index >= 15 is 0 Å². The topological polar surface area (TPSA) is 53.2 Å². The maximum absolute atomic E-state index is 5.95. The summed E-state index contributed by atoms with van der Waals surface area (Å²) in [4.78, 5) is 9.31. The molecule has 3 rings (SSSR count). The Bertz CT molecular complexity index is 596. The molecule has 2 aliphatic rings. The second kappa shape index (κ2) is 9.41. The Hall–Kier alpha value is -0.800. The Morgan fingerprint density at radius 2 is 2.00 bits per heavy atom. The van der Waals surface area contributed by atoms with Crippen molar-refractivity contribution in [3.8, 4) is 0 Å². The van der Waals surface area contributed by atoms with E-state index in [2.05, 4.69) is 40.0 Å². The van der Waals surface area contributed by atoms with Crippen LogP contribution in [-0.2, 0) is 4.74 Å². The molecule has 0 bridgehead atoms. The number of hydrogen-bond acceptors (Lipinski definition) is 4. The monoisotopic (exact) mass is 476 g/mol. The summed E-state index contributed by atoms with van der Waals surface area (Å²) in [5.74, 6) is 2.97. The van der Waals surface area contributed by atoms with Crippen LogP contribution in [0.5, 0.6) is 0 Å². The first-order chi connectivity index (χ1) is 12.0. The average Bonchev–Trinajstić information content (AvgIpc) is 3.18. The van der Waals surface area contributed by atoms with Crippen LogP contribution in [0.4, 0.5) is 0 Å². The van der Waals surface area contributed by atoms with E-state index in [1.165, 1.54) is 6.42 Å². The molecule has 0 aromatic carbocycles. The normalized spacial score (nSPS) is 22.2. The zero-order valence-electron chi connectivity index (χ0n) is 16.5. The summed E-state index contributed by atoms with van der Waals surface area (Å²) in [6.45, 7) is 13.0. The smallest absolute Gasteiger partial charge is 0.193 e. The summed E-state index contributed by atoms with van der Waals surface area (Å²) in [6.07, 6.45) is 1.21. The molecule has 7 heteroatoms. The molecule has 2 aliphatic heterocycles. The first kappa shape index (κ1) is 21.5. The fourth-order valence-corrected chi connectivity index (χ4v) is 3.74. The van der Waals surface area contributed by atoms with E-state index < -0.39 is 0 Å². The fourth-order valence-electron chi connectivity index (χ4n) is 3.74. The van der Waals surface area contributed by atoms with Crippen LogP contribution in [0.25, 0.3) is 0 Å². The predicted octanol–water partition coefficient (Wildman–Crippen LogP) is 2.89. The van der Waals surface area contributed by atoms with E-state index in [0.717, 1.165) is 63.4 Å². The molecule has 3 heterocycles. The molecule has 6 nitrogen and oxygen atoms in total. The van der Waals surface area contributed by atoms with Crippen LogP contribution >= 0.6 is 24.0 Å². The SMILES string of the molecule is CN=C(NCC(c1ccc(C)o1)N1CCOCC1)N1CCC(C)(C)C1.I. The molecule has 148 valence electrons. The van der Waals surface area contributed by atoms with Crippen molar-refractivity contribution in [1.29, 1.82) is 0 Å². The van der Waals surface area contributed by atoms with Gasteiger partial charge in [-0.05, 0) is 30.9 Å². The van der Waals surface area contributed by atoms with Gasteiger partial charge >= 0.3 is 0 Å². The van der Waals surface area contributed by atoms with Crippen LogP contribution in [0.1, 0.15) is 37.8 Å². The number of aliphatic imine (C=N–C) groups is 1. The van der Waals surface area contributed by atoms with Gasteiger partial charge in [-0.3, -0.25) is 9.89 Å². The number of morpholine rings is 1. The van der Waals surface area contributed by atoms with Crippen molar-refractivity contribution in [2.75, 3.05) is 53.0 Å². The van der Waals surface area contributed by atoms with E-state index in [1.807, 2.05) is 20.0 Å². The molecule has 0 spiro atoms. The second-order valence-electron chi connectivity index (χ2n) is 7.88. The van der Waals surface area contributed by atoms with Gasteiger partial charge in [0, 0.05) is 39.8 Å². The molecule has 0 radical (unpaired) electrons. The minimum Gasteiger partial charge on any atom is -0.465 e. The first-order valence-electron chi connectivity index (χ1n) is 9.32. The molecule has 26 heavy (non-hydrogen) atoms. The third kappa shape index (κ3) is 5.36. The summed E-state index contributed by atoms with van der Waals surface area (Å²) in [5, 5.41) is 3.59. The molecule has 0 amide bonds. The minimum atomic E-state index is 0. The van der Waals surface area contributed by atoms with Crippen molar-refractivity contribution in [3.05, 3.63) is 23.7 Å². The minimum absolute atomic E-state index is 0. The molecule has 2 saturated heterocycles. The first-order valence-corrected chi connectivity index (χ1v) is 9.32. The van der Waals surface area contributed by atoms with Crippen LogP contribution in [0.15, 0.2) is 21.5 Å². The van der Waals surface area contributed by atoms with Crippen LogP contribution < -0.4 is 5.32 Å². The number of furan rings is 1. The van der Waals surface area contributed by atoms with Gasteiger partial charge in [0.1, 0.15) is 11.5 Å². The predicted molar refractivity (Wildman–Crippen MR) is 115 cm³/mol. The number of rotatable bonds is 4. The average molecular weight is 476 g/mol. The number of likely N-dealkylation sites (tertiary alicyclic amines) is 1. The Morgan fingerprint density at radius 3 is 2.54 bits per heavy atom. The van der Waals surface area contributed by atoms with Gasteiger partial charge in [0.2, 0.25) is 0 Å². The van der Waals surface area contributed by atoms with E-state index in [9.17, 15) is 0 Å². The Labute approximate surface area is 174 Å². The lowest BCUT2D eigenvalue weighted by Gasteiger charge is -2.34. The zero-order valence-corrected chi connectivity index (χ0v) is 18.8. The third-order valence-electron chi connectivity index (χ3n) is 5.22. The van der Waals surface area contributed by atoms with E-state index in [0.29, 0.717) is 5.41 Å². The van der Waals surface area contributed by atoms with Crippen LogP contribution in [0.3, 0.4) is 0 Å². The van der Waals surface area contributed by atoms with Crippen molar-refractivity contribution < 1.29 is 9.15 Å². The highest BCUT2D eigenvalue weighted by molar-refractivity contribution is 14.0. The molecule has 2 fully saturated rings. The van der Waals surface area contributed by atoms with Crippen molar-refractivity contribution >= 4 is 29.9 Å². The highest BCUT2D eigenvalue weighted by Gasteiger charge is 2.32. The number of nitrogens with one attached hydrogen (secondary N) is 1. The molecule has 1 atom stereocenters. The molecular formula is C19H33IN4O2. The van der Waals surface area contributed by atoms with Gasteiger partial charge in [-0.15, -0.1) is 24.0 Å². The van der Waals surface area contributed by atoms with Gasteiger partial charge in [-0.1, -0.05) is 13.8 Å². The highest BCUT2D eigenvalue weighted by Crippen LogP contribution is 2.29. The Balaban J connectivity index is 0.00000243. The number of ether oxygens (including phenoxy) is 1. The summed E-state index contributed by atoms with van der Waals surface area (Å²) in [6, 6.07) is 4.34. The lowest BCUT2D eigenvalue weighted by molar-refractivity contribution is 0.0123. The van der Waals surface area contributed by atoms with E-state index in [4.69, 9.17) is 9.15 Å². The third-order valence-corrected chi connectivity index (χ3v) is 5.22. The van der Waals surface area contributed by atoms with Crippen molar-refractivity contribution in [2.24, 2.45) is 10.4 Å². The van der Waals surface area contributed by atoms with Gasteiger partial charge in [0.05, 0.1) is 19.3 Å². The highest BCUT2D eigenvalue weighted by atomic mass is 127. The summed E-state index contributed by atoms with van der Waals surface area (Å²) >= 11 is 0. The molecule has 1 unspecified atom stereocenters. The maximum Gasteiger partial charge on any atom is 0.193 e.